The Labute approximate surface area is 135 Å². The van der Waals surface area contributed by atoms with E-state index < -0.39 is 7.37 Å². The lowest BCUT2D eigenvalue weighted by Gasteiger charge is -2.10. The number of rotatable bonds is 6. The number of benzene rings is 1. The molecule has 0 saturated heterocycles. The second kappa shape index (κ2) is 6.42. The minimum atomic E-state index is -3.18. The zero-order chi connectivity index (χ0) is 16.4. The normalized spacial score (nSPS) is 22.4. The molecule has 122 valence electrons. The van der Waals surface area contributed by atoms with Crippen LogP contribution in [0.5, 0.6) is 0 Å². The average Bonchev–Trinajstić information content (AvgIpc) is 3.33. The van der Waals surface area contributed by atoms with Crippen molar-refractivity contribution < 1.29 is 13.8 Å². The van der Waals surface area contributed by atoms with Crippen LogP contribution in [-0.2, 0) is 4.57 Å². The van der Waals surface area contributed by atoms with Crippen LogP contribution >= 0.6 is 7.37 Å². The molecule has 1 aliphatic rings. The lowest BCUT2D eigenvalue weighted by atomic mass is 10.1. The van der Waals surface area contributed by atoms with Gasteiger partial charge in [0.1, 0.15) is 5.82 Å². The van der Waals surface area contributed by atoms with Crippen molar-refractivity contribution >= 4 is 18.4 Å². The standard InChI is InChI=1S/C17H20FN2O2P/c1-2-23(21,22)16-5-3-12(4-6-16)17-7-13(17)9-20-15-8-14(18)10-19-11-15/h3-6,8,10-11,13,17,20H,2,7,9H2,1H3,(H,21,22). The summed E-state index contributed by atoms with van der Waals surface area (Å²) in [5.41, 5.74) is 1.88. The van der Waals surface area contributed by atoms with Crippen molar-refractivity contribution in [1.29, 1.82) is 0 Å². The molecule has 1 aromatic heterocycles. The summed E-state index contributed by atoms with van der Waals surface area (Å²) in [5, 5.41) is 3.72. The molecule has 2 N–H and O–H groups in total. The molecule has 1 fully saturated rings. The minimum absolute atomic E-state index is 0.254. The molecule has 0 amide bonds. The highest BCUT2D eigenvalue weighted by molar-refractivity contribution is 7.66. The fourth-order valence-corrected chi connectivity index (χ4v) is 3.76. The molecule has 1 saturated carbocycles. The van der Waals surface area contributed by atoms with E-state index in [4.69, 9.17) is 0 Å². The lowest BCUT2D eigenvalue weighted by Crippen LogP contribution is -2.07. The quantitative estimate of drug-likeness (QED) is 0.795. The Kier molecular flexibility index (Phi) is 4.51. The smallest absolute Gasteiger partial charge is 0.229 e. The van der Waals surface area contributed by atoms with Gasteiger partial charge in [-0.05, 0) is 36.0 Å². The molecule has 2 aromatic rings. The highest BCUT2D eigenvalue weighted by atomic mass is 31.2. The molecule has 6 heteroatoms. The van der Waals surface area contributed by atoms with Crippen molar-refractivity contribution in [2.45, 2.75) is 19.3 Å². The van der Waals surface area contributed by atoms with Gasteiger partial charge in [0.05, 0.1) is 18.1 Å². The van der Waals surface area contributed by atoms with Crippen molar-refractivity contribution in [3.05, 3.63) is 54.1 Å². The first-order chi connectivity index (χ1) is 11.0. The van der Waals surface area contributed by atoms with E-state index in [0.29, 0.717) is 22.8 Å². The summed E-state index contributed by atoms with van der Waals surface area (Å²) in [4.78, 5) is 13.6. The van der Waals surface area contributed by atoms with E-state index in [2.05, 4.69) is 10.3 Å². The molecule has 0 spiro atoms. The zero-order valence-electron chi connectivity index (χ0n) is 12.9. The van der Waals surface area contributed by atoms with Gasteiger partial charge < -0.3 is 10.2 Å². The highest BCUT2D eigenvalue weighted by Gasteiger charge is 2.38. The number of nitrogens with one attached hydrogen (secondary N) is 1. The van der Waals surface area contributed by atoms with Crippen LogP contribution < -0.4 is 10.6 Å². The van der Waals surface area contributed by atoms with Crippen LogP contribution in [-0.4, -0.2) is 22.6 Å². The molecule has 3 unspecified atom stereocenters. The van der Waals surface area contributed by atoms with Gasteiger partial charge in [-0.25, -0.2) is 4.39 Å². The number of anilines is 1. The van der Waals surface area contributed by atoms with Gasteiger partial charge in [-0.15, -0.1) is 0 Å². The van der Waals surface area contributed by atoms with Gasteiger partial charge >= 0.3 is 0 Å². The first-order valence-corrected chi connectivity index (χ1v) is 9.61. The maximum atomic E-state index is 13.1. The van der Waals surface area contributed by atoms with Gasteiger partial charge in [0.2, 0.25) is 7.37 Å². The monoisotopic (exact) mass is 334 g/mol. The van der Waals surface area contributed by atoms with E-state index >= 15 is 0 Å². The Morgan fingerprint density at radius 3 is 2.74 bits per heavy atom. The number of hydrogen-bond acceptors (Lipinski definition) is 3. The Morgan fingerprint density at radius 2 is 2.09 bits per heavy atom. The number of halogens is 1. The maximum absolute atomic E-state index is 13.1. The third-order valence-electron chi connectivity index (χ3n) is 4.35. The van der Waals surface area contributed by atoms with Crippen LogP contribution in [0.3, 0.4) is 0 Å². The Balaban J connectivity index is 1.57. The van der Waals surface area contributed by atoms with Crippen molar-refractivity contribution in [3.63, 3.8) is 0 Å². The molecule has 1 aliphatic carbocycles. The van der Waals surface area contributed by atoms with E-state index in [1.807, 2.05) is 12.1 Å². The molecule has 0 radical (unpaired) electrons. The molecular weight excluding hydrogens is 314 g/mol. The molecule has 0 aliphatic heterocycles. The van der Waals surface area contributed by atoms with E-state index in [0.717, 1.165) is 13.0 Å². The second-order valence-corrected chi connectivity index (χ2v) is 8.54. The summed E-state index contributed by atoms with van der Waals surface area (Å²) in [6.45, 7) is 2.49. The average molecular weight is 334 g/mol. The maximum Gasteiger partial charge on any atom is 0.229 e. The van der Waals surface area contributed by atoms with Gasteiger partial charge in [0.15, 0.2) is 0 Å². The Morgan fingerprint density at radius 1 is 1.35 bits per heavy atom. The summed E-state index contributed by atoms with van der Waals surface area (Å²) in [5.74, 6) is 0.608. The molecule has 4 nitrogen and oxygen atoms in total. The van der Waals surface area contributed by atoms with Crippen LogP contribution in [0.2, 0.25) is 0 Å². The molecule has 23 heavy (non-hydrogen) atoms. The van der Waals surface area contributed by atoms with E-state index in [-0.39, 0.29) is 12.0 Å². The molecule has 3 atom stereocenters. The first kappa shape index (κ1) is 16.2. The van der Waals surface area contributed by atoms with E-state index in [1.54, 1.807) is 25.3 Å². The Hall–Kier alpha value is -1.71. The van der Waals surface area contributed by atoms with Gasteiger partial charge in [-0.2, -0.15) is 0 Å². The van der Waals surface area contributed by atoms with Crippen molar-refractivity contribution in [2.24, 2.45) is 5.92 Å². The zero-order valence-corrected chi connectivity index (χ0v) is 13.8. The van der Waals surface area contributed by atoms with Gasteiger partial charge in [0.25, 0.3) is 0 Å². The minimum Gasteiger partial charge on any atom is -0.383 e. The largest absolute Gasteiger partial charge is 0.383 e. The first-order valence-electron chi connectivity index (χ1n) is 7.76. The summed E-state index contributed by atoms with van der Waals surface area (Å²) in [7, 11) is -3.18. The van der Waals surface area contributed by atoms with Crippen LogP contribution in [0.4, 0.5) is 10.1 Å². The molecule has 1 aromatic carbocycles. The third-order valence-corrected chi connectivity index (χ3v) is 6.31. The van der Waals surface area contributed by atoms with Crippen LogP contribution in [0.25, 0.3) is 0 Å². The fourth-order valence-electron chi connectivity index (χ4n) is 2.78. The van der Waals surface area contributed by atoms with Gasteiger partial charge in [-0.3, -0.25) is 9.55 Å². The molecule has 1 heterocycles. The van der Waals surface area contributed by atoms with Crippen LogP contribution in [0.15, 0.2) is 42.7 Å². The highest BCUT2D eigenvalue weighted by Crippen LogP contribution is 2.48. The SMILES string of the molecule is CCP(=O)(O)c1ccc(C2CC2CNc2cncc(F)c2)cc1. The second-order valence-electron chi connectivity index (χ2n) is 5.98. The van der Waals surface area contributed by atoms with Crippen molar-refractivity contribution in [3.8, 4) is 0 Å². The fraction of sp³-hybridized carbons (Fsp3) is 0.353. The topological polar surface area (TPSA) is 62.2 Å². The van der Waals surface area contributed by atoms with Crippen LogP contribution in [0.1, 0.15) is 24.8 Å². The summed E-state index contributed by atoms with van der Waals surface area (Å²) < 4.78 is 25.0. The number of hydrogen-bond donors (Lipinski definition) is 2. The van der Waals surface area contributed by atoms with Gasteiger partial charge in [0, 0.05) is 24.1 Å². The van der Waals surface area contributed by atoms with E-state index in [1.165, 1.54) is 17.8 Å². The molecule has 3 rings (SSSR count). The summed E-state index contributed by atoms with van der Waals surface area (Å²) in [6.07, 6.45) is 4.12. The van der Waals surface area contributed by atoms with Crippen molar-refractivity contribution in [2.75, 3.05) is 18.0 Å². The number of nitrogens with zero attached hydrogens (tertiary/aromatic N) is 1. The Bertz CT molecular complexity index is 736. The summed E-state index contributed by atoms with van der Waals surface area (Å²) >= 11 is 0. The van der Waals surface area contributed by atoms with E-state index in [9.17, 15) is 13.8 Å². The van der Waals surface area contributed by atoms with Crippen molar-refractivity contribution in [1.82, 2.24) is 4.98 Å². The predicted octanol–water partition coefficient (Wildman–Crippen LogP) is 3.35. The van der Waals surface area contributed by atoms with Crippen LogP contribution in [0, 0.1) is 11.7 Å². The lowest BCUT2D eigenvalue weighted by molar-refractivity contribution is 0.491. The molecule has 0 bridgehead atoms. The predicted molar refractivity (Wildman–Crippen MR) is 90.0 cm³/mol. The third kappa shape index (κ3) is 3.80. The molecular formula is C17H20FN2O2P. The number of aromatic nitrogens is 1. The van der Waals surface area contributed by atoms with Gasteiger partial charge in [-0.1, -0.05) is 19.1 Å². The summed E-state index contributed by atoms with van der Waals surface area (Å²) in [6, 6.07) is 8.85. The number of pyridine rings is 1.